The van der Waals surface area contributed by atoms with Gasteiger partial charge in [-0.2, -0.15) is 5.10 Å². The Labute approximate surface area is 174 Å². The molecule has 4 aromatic rings. The second kappa shape index (κ2) is 8.91. The number of ether oxygens (including phenoxy) is 2. The second-order valence-corrected chi connectivity index (χ2v) is 6.47. The second-order valence-electron chi connectivity index (χ2n) is 6.47. The summed E-state index contributed by atoms with van der Waals surface area (Å²) in [6.45, 7) is 4.60. The van der Waals surface area contributed by atoms with Gasteiger partial charge in [0.1, 0.15) is 18.1 Å². The summed E-state index contributed by atoms with van der Waals surface area (Å²) >= 11 is 0. The summed E-state index contributed by atoms with van der Waals surface area (Å²) in [5, 5.41) is 4.56. The van der Waals surface area contributed by atoms with Crippen LogP contribution in [0.3, 0.4) is 0 Å². The lowest BCUT2D eigenvalue weighted by atomic mass is 10.2. The molecule has 0 saturated carbocycles. The number of rotatable bonds is 8. The Bertz CT molecular complexity index is 1110. The number of aromatic nitrogens is 4. The van der Waals surface area contributed by atoms with E-state index in [0.29, 0.717) is 41.3 Å². The van der Waals surface area contributed by atoms with Crippen molar-refractivity contribution in [2.45, 2.75) is 13.2 Å². The van der Waals surface area contributed by atoms with Crippen LogP contribution < -0.4 is 15.2 Å². The first-order valence-electron chi connectivity index (χ1n) is 9.43. The van der Waals surface area contributed by atoms with Crippen LogP contribution in [0.1, 0.15) is 5.82 Å². The van der Waals surface area contributed by atoms with Gasteiger partial charge in [-0.1, -0.05) is 12.1 Å². The van der Waals surface area contributed by atoms with Crippen LogP contribution in [0.5, 0.6) is 17.4 Å². The van der Waals surface area contributed by atoms with E-state index in [0.717, 1.165) is 5.56 Å². The molecule has 30 heavy (non-hydrogen) atoms. The van der Waals surface area contributed by atoms with Gasteiger partial charge in [-0.15, -0.1) is 6.58 Å². The number of benzene rings is 2. The van der Waals surface area contributed by atoms with E-state index >= 15 is 0 Å². The van der Waals surface area contributed by atoms with Crippen LogP contribution in [-0.4, -0.2) is 19.7 Å². The van der Waals surface area contributed by atoms with Crippen LogP contribution in [0.4, 0.5) is 5.69 Å². The number of anilines is 1. The summed E-state index contributed by atoms with van der Waals surface area (Å²) in [4.78, 5) is 8.77. The Kier molecular flexibility index (Phi) is 5.70. The van der Waals surface area contributed by atoms with Gasteiger partial charge in [0.15, 0.2) is 11.6 Å². The number of nitrogens with zero attached hydrogens (tertiary/aromatic N) is 4. The molecule has 2 heterocycles. The molecule has 0 unspecified atom stereocenters. The number of nitrogens with two attached hydrogens (primary N) is 1. The smallest absolute Gasteiger partial charge is 0.219 e. The van der Waals surface area contributed by atoms with E-state index in [-0.39, 0.29) is 6.61 Å². The molecule has 2 aromatic heterocycles. The summed E-state index contributed by atoms with van der Waals surface area (Å²) < 4.78 is 13.4. The summed E-state index contributed by atoms with van der Waals surface area (Å²) in [6.07, 6.45) is 3.46. The fourth-order valence-corrected chi connectivity index (χ4v) is 2.78. The maximum absolute atomic E-state index is 5.90. The molecule has 0 aliphatic carbocycles. The van der Waals surface area contributed by atoms with Crippen molar-refractivity contribution >= 4 is 5.69 Å². The minimum absolute atomic E-state index is 0.274. The standard InChI is InChI=1S/C23H21N5O2/c1-2-15-28-21(26-23(27-28)17-6-8-18(24)9-7-17)16-29-19-10-12-20(13-11-19)30-22-5-3-4-14-25-22/h2-14H,1,15-16,24H2. The van der Waals surface area contributed by atoms with Crippen LogP contribution in [0.15, 0.2) is 85.6 Å². The van der Waals surface area contributed by atoms with Gasteiger partial charge < -0.3 is 15.2 Å². The lowest BCUT2D eigenvalue weighted by Gasteiger charge is -2.08. The van der Waals surface area contributed by atoms with E-state index < -0.39 is 0 Å². The average Bonchev–Trinajstić information content (AvgIpc) is 3.17. The van der Waals surface area contributed by atoms with Crippen LogP contribution in [0.25, 0.3) is 11.4 Å². The van der Waals surface area contributed by atoms with Crippen LogP contribution >= 0.6 is 0 Å². The third-order valence-corrected chi connectivity index (χ3v) is 4.27. The lowest BCUT2D eigenvalue weighted by molar-refractivity contribution is 0.288. The van der Waals surface area contributed by atoms with E-state index in [4.69, 9.17) is 15.2 Å². The first kappa shape index (κ1) is 19.2. The van der Waals surface area contributed by atoms with Crippen molar-refractivity contribution in [2.24, 2.45) is 0 Å². The van der Waals surface area contributed by atoms with Gasteiger partial charge in [-0.25, -0.2) is 14.6 Å². The predicted molar refractivity (Wildman–Crippen MR) is 115 cm³/mol. The van der Waals surface area contributed by atoms with E-state index in [1.165, 1.54) is 0 Å². The Morgan fingerprint density at radius 3 is 2.43 bits per heavy atom. The van der Waals surface area contributed by atoms with Crippen LogP contribution in [0.2, 0.25) is 0 Å². The fourth-order valence-electron chi connectivity index (χ4n) is 2.78. The highest BCUT2D eigenvalue weighted by Crippen LogP contribution is 2.23. The molecule has 7 nitrogen and oxygen atoms in total. The first-order valence-corrected chi connectivity index (χ1v) is 9.43. The Morgan fingerprint density at radius 1 is 0.967 bits per heavy atom. The molecule has 150 valence electrons. The maximum Gasteiger partial charge on any atom is 0.219 e. The van der Waals surface area contributed by atoms with Crippen molar-refractivity contribution in [3.05, 3.63) is 91.4 Å². The number of pyridine rings is 1. The van der Waals surface area contributed by atoms with Gasteiger partial charge in [-0.05, 0) is 54.6 Å². The molecule has 0 spiro atoms. The number of nitrogen functional groups attached to an aromatic ring is 1. The fraction of sp³-hybridized carbons (Fsp3) is 0.0870. The zero-order valence-electron chi connectivity index (χ0n) is 16.3. The van der Waals surface area contributed by atoms with Gasteiger partial charge in [-0.3, -0.25) is 0 Å². The van der Waals surface area contributed by atoms with E-state index in [1.54, 1.807) is 23.0 Å². The summed E-state index contributed by atoms with van der Waals surface area (Å²) in [7, 11) is 0. The van der Waals surface area contributed by atoms with Crippen molar-refractivity contribution in [1.82, 2.24) is 19.7 Å². The van der Waals surface area contributed by atoms with Crippen LogP contribution in [-0.2, 0) is 13.2 Å². The number of hydrogen-bond acceptors (Lipinski definition) is 6. The quantitative estimate of drug-likeness (QED) is 0.347. The molecule has 2 aromatic carbocycles. The lowest BCUT2D eigenvalue weighted by Crippen LogP contribution is -2.07. The largest absolute Gasteiger partial charge is 0.486 e. The van der Waals surface area contributed by atoms with Crippen molar-refractivity contribution in [1.29, 1.82) is 0 Å². The van der Waals surface area contributed by atoms with E-state index in [9.17, 15) is 0 Å². The molecule has 7 heteroatoms. The molecular formula is C23H21N5O2. The van der Waals surface area contributed by atoms with Crippen molar-refractivity contribution in [3.63, 3.8) is 0 Å². The van der Waals surface area contributed by atoms with Crippen molar-refractivity contribution < 1.29 is 9.47 Å². The van der Waals surface area contributed by atoms with E-state index in [1.807, 2.05) is 60.7 Å². The molecular weight excluding hydrogens is 378 g/mol. The Balaban J connectivity index is 1.44. The van der Waals surface area contributed by atoms with Crippen LogP contribution in [0, 0.1) is 0 Å². The topological polar surface area (TPSA) is 88.1 Å². The molecule has 0 saturated heterocycles. The summed E-state index contributed by atoms with van der Waals surface area (Å²) in [6, 6.07) is 20.3. The number of allylic oxidation sites excluding steroid dienone is 1. The predicted octanol–water partition coefficient (Wildman–Crippen LogP) is 4.48. The third-order valence-electron chi connectivity index (χ3n) is 4.27. The summed E-state index contributed by atoms with van der Waals surface area (Å²) in [5.41, 5.74) is 7.35. The van der Waals surface area contributed by atoms with Gasteiger partial charge in [0, 0.05) is 23.5 Å². The third kappa shape index (κ3) is 4.64. The van der Waals surface area contributed by atoms with Gasteiger partial charge >= 0.3 is 0 Å². The highest BCUT2D eigenvalue weighted by molar-refractivity contribution is 5.58. The maximum atomic E-state index is 5.90. The molecule has 4 rings (SSSR count). The molecule has 0 aliphatic rings. The SMILES string of the molecule is C=CCn1nc(-c2ccc(N)cc2)nc1COc1ccc(Oc2ccccn2)cc1. The minimum Gasteiger partial charge on any atom is -0.486 e. The Morgan fingerprint density at radius 2 is 1.73 bits per heavy atom. The molecule has 0 fully saturated rings. The zero-order chi connectivity index (χ0) is 20.8. The van der Waals surface area contributed by atoms with Crippen molar-refractivity contribution in [2.75, 3.05) is 5.73 Å². The van der Waals surface area contributed by atoms with Crippen molar-refractivity contribution in [3.8, 4) is 28.8 Å². The summed E-state index contributed by atoms with van der Waals surface area (Å²) in [5.74, 6) is 3.25. The molecule has 0 bridgehead atoms. The normalized spacial score (nSPS) is 10.5. The van der Waals surface area contributed by atoms with Gasteiger partial charge in [0.25, 0.3) is 0 Å². The zero-order valence-corrected chi connectivity index (χ0v) is 16.3. The number of hydrogen-bond donors (Lipinski definition) is 1. The highest BCUT2D eigenvalue weighted by Gasteiger charge is 2.12. The van der Waals surface area contributed by atoms with Gasteiger partial charge in [0.05, 0.1) is 6.54 Å². The molecule has 2 N–H and O–H groups in total. The van der Waals surface area contributed by atoms with Gasteiger partial charge in [0.2, 0.25) is 5.88 Å². The Hall–Kier alpha value is -4.13. The monoisotopic (exact) mass is 399 g/mol. The van der Waals surface area contributed by atoms with E-state index in [2.05, 4.69) is 21.6 Å². The molecule has 0 radical (unpaired) electrons. The first-order chi connectivity index (χ1) is 14.7. The average molecular weight is 399 g/mol. The minimum atomic E-state index is 0.274. The molecule has 0 atom stereocenters. The highest BCUT2D eigenvalue weighted by atomic mass is 16.5. The molecule has 0 amide bonds. The molecule has 0 aliphatic heterocycles.